The number of hydrogen-bond donors (Lipinski definition) is 0. The smallest absolute Gasteiger partial charge is 0.325 e. The van der Waals surface area contributed by atoms with Crippen molar-refractivity contribution in [1.82, 2.24) is 4.90 Å². The average molecular weight is 345 g/mol. The predicted molar refractivity (Wildman–Crippen MR) is 74.4 cm³/mol. The van der Waals surface area contributed by atoms with E-state index in [1.165, 1.54) is 19.2 Å². The van der Waals surface area contributed by atoms with Gasteiger partial charge in [-0.1, -0.05) is 0 Å². The van der Waals surface area contributed by atoms with Crippen molar-refractivity contribution in [3.63, 3.8) is 0 Å². The molecule has 0 saturated carbocycles. The summed E-state index contributed by atoms with van der Waals surface area (Å²) in [6.07, 6.45) is 0. The normalized spacial score (nSPS) is 9.95. The molecule has 1 amide bonds. The minimum absolute atomic E-state index is 0.131. The Labute approximate surface area is 123 Å². The molecule has 20 heavy (non-hydrogen) atoms. The van der Waals surface area contributed by atoms with E-state index in [1.54, 1.807) is 6.92 Å². The molecular formula is C12H13BrN2O5. The summed E-state index contributed by atoms with van der Waals surface area (Å²) in [5.74, 6) is -1.02. The number of nitro benzene ring substituents is 1. The largest absolute Gasteiger partial charge is 0.465 e. The number of benzene rings is 1. The molecule has 0 atom stereocenters. The minimum Gasteiger partial charge on any atom is -0.465 e. The Morgan fingerprint density at radius 2 is 2.10 bits per heavy atom. The highest BCUT2D eigenvalue weighted by Crippen LogP contribution is 2.26. The fraction of sp³-hybridized carbons (Fsp3) is 0.333. The number of nitro groups is 1. The van der Waals surface area contributed by atoms with Crippen LogP contribution >= 0.6 is 15.9 Å². The molecule has 0 spiro atoms. The van der Waals surface area contributed by atoms with Crippen LogP contribution in [0.15, 0.2) is 22.7 Å². The van der Waals surface area contributed by atoms with Crippen LogP contribution in [0, 0.1) is 10.1 Å². The van der Waals surface area contributed by atoms with Gasteiger partial charge in [-0.3, -0.25) is 19.7 Å². The van der Waals surface area contributed by atoms with Crippen molar-refractivity contribution in [2.45, 2.75) is 6.92 Å². The number of halogens is 1. The molecule has 0 aliphatic rings. The first-order valence-electron chi connectivity index (χ1n) is 5.71. The number of amides is 1. The van der Waals surface area contributed by atoms with E-state index in [-0.39, 0.29) is 28.9 Å². The van der Waals surface area contributed by atoms with Crippen LogP contribution in [0.25, 0.3) is 0 Å². The molecule has 8 heteroatoms. The van der Waals surface area contributed by atoms with Crippen LogP contribution in [0.4, 0.5) is 5.69 Å². The molecule has 0 heterocycles. The first-order chi connectivity index (χ1) is 9.36. The van der Waals surface area contributed by atoms with Crippen molar-refractivity contribution in [2.24, 2.45) is 0 Å². The molecule has 0 radical (unpaired) electrons. The van der Waals surface area contributed by atoms with Crippen molar-refractivity contribution in [3.05, 3.63) is 38.3 Å². The van der Waals surface area contributed by atoms with Gasteiger partial charge in [0.05, 0.1) is 16.0 Å². The van der Waals surface area contributed by atoms with Gasteiger partial charge in [0.25, 0.3) is 11.6 Å². The number of carbonyl (C=O) groups is 2. The summed E-state index contributed by atoms with van der Waals surface area (Å²) in [5.41, 5.74) is -0.0768. The summed E-state index contributed by atoms with van der Waals surface area (Å²) in [7, 11) is 1.42. The van der Waals surface area contributed by atoms with Crippen molar-refractivity contribution < 1.29 is 19.2 Å². The molecule has 0 unspecified atom stereocenters. The molecule has 0 aliphatic heterocycles. The van der Waals surface area contributed by atoms with E-state index in [1.807, 2.05) is 0 Å². The third-order valence-corrected chi connectivity index (χ3v) is 3.08. The number of likely N-dealkylation sites (N-methyl/N-ethyl adjacent to an activating group) is 1. The molecule has 108 valence electrons. The SMILES string of the molecule is CCOC(=O)CN(C)C(=O)c1ccc(Br)c([N+](=O)[O-])c1. The molecule has 0 N–H and O–H groups in total. The van der Waals surface area contributed by atoms with E-state index in [0.29, 0.717) is 0 Å². The summed E-state index contributed by atoms with van der Waals surface area (Å²) in [6.45, 7) is 1.68. The van der Waals surface area contributed by atoms with Crippen LogP contribution < -0.4 is 0 Å². The highest BCUT2D eigenvalue weighted by atomic mass is 79.9. The second-order valence-electron chi connectivity index (χ2n) is 3.89. The molecule has 0 saturated heterocycles. The Kier molecular flexibility index (Phi) is 5.63. The van der Waals surface area contributed by atoms with Gasteiger partial charge >= 0.3 is 5.97 Å². The van der Waals surface area contributed by atoms with Gasteiger partial charge in [0.1, 0.15) is 6.54 Å². The van der Waals surface area contributed by atoms with Crippen molar-refractivity contribution >= 4 is 33.5 Å². The molecule has 1 rings (SSSR count). The van der Waals surface area contributed by atoms with E-state index in [4.69, 9.17) is 4.74 Å². The maximum atomic E-state index is 12.1. The highest BCUT2D eigenvalue weighted by Gasteiger charge is 2.20. The zero-order valence-corrected chi connectivity index (χ0v) is 12.5. The molecule has 1 aromatic rings. The van der Waals surface area contributed by atoms with Crippen LogP contribution in [-0.4, -0.2) is 41.9 Å². The second kappa shape index (κ2) is 6.99. The van der Waals surface area contributed by atoms with Crippen LogP contribution in [0.2, 0.25) is 0 Å². The number of ether oxygens (including phenoxy) is 1. The summed E-state index contributed by atoms with van der Waals surface area (Å²) in [6, 6.07) is 4.03. The van der Waals surface area contributed by atoms with Crippen LogP contribution in [0.5, 0.6) is 0 Å². The van der Waals surface area contributed by atoms with Crippen molar-refractivity contribution in [1.29, 1.82) is 0 Å². The lowest BCUT2D eigenvalue weighted by atomic mass is 10.2. The topological polar surface area (TPSA) is 89.8 Å². The highest BCUT2D eigenvalue weighted by molar-refractivity contribution is 9.10. The van der Waals surface area contributed by atoms with Gasteiger partial charge in [-0.15, -0.1) is 0 Å². The van der Waals surface area contributed by atoms with Crippen molar-refractivity contribution in [2.75, 3.05) is 20.2 Å². The number of carbonyl (C=O) groups excluding carboxylic acids is 2. The lowest BCUT2D eigenvalue weighted by Gasteiger charge is -2.16. The molecule has 0 bridgehead atoms. The quantitative estimate of drug-likeness (QED) is 0.463. The van der Waals surface area contributed by atoms with E-state index >= 15 is 0 Å². The maximum Gasteiger partial charge on any atom is 0.325 e. The number of nitrogens with zero attached hydrogens (tertiary/aromatic N) is 2. The first-order valence-corrected chi connectivity index (χ1v) is 6.51. The lowest BCUT2D eigenvalue weighted by molar-refractivity contribution is -0.385. The van der Waals surface area contributed by atoms with Crippen LogP contribution in [0.1, 0.15) is 17.3 Å². The van der Waals surface area contributed by atoms with E-state index in [9.17, 15) is 19.7 Å². The van der Waals surface area contributed by atoms with Gasteiger partial charge in [-0.05, 0) is 35.0 Å². The lowest BCUT2D eigenvalue weighted by Crippen LogP contribution is -2.33. The standard InChI is InChI=1S/C12H13BrN2O5/c1-3-20-11(16)7-14(2)12(17)8-4-5-9(13)10(6-8)15(18)19/h4-6H,3,7H2,1-2H3. The third-order valence-electron chi connectivity index (χ3n) is 2.41. The molecular weight excluding hydrogens is 332 g/mol. The summed E-state index contributed by atoms with van der Waals surface area (Å²) >= 11 is 3.04. The first kappa shape index (κ1) is 16.1. The van der Waals surface area contributed by atoms with Gasteiger partial charge in [-0.25, -0.2) is 0 Å². The average Bonchev–Trinajstić information content (AvgIpc) is 2.38. The molecule has 0 fully saturated rings. The molecule has 0 aromatic heterocycles. The zero-order chi connectivity index (χ0) is 15.3. The van der Waals surface area contributed by atoms with Crippen LogP contribution in [0.3, 0.4) is 0 Å². The Morgan fingerprint density at radius 3 is 2.65 bits per heavy atom. The van der Waals surface area contributed by atoms with E-state index in [0.717, 1.165) is 11.0 Å². The number of hydrogen-bond acceptors (Lipinski definition) is 5. The third kappa shape index (κ3) is 4.02. The number of rotatable bonds is 5. The summed E-state index contributed by atoms with van der Waals surface area (Å²) in [4.78, 5) is 34.7. The Morgan fingerprint density at radius 1 is 1.45 bits per heavy atom. The van der Waals surface area contributed by atoms with Crippen LogP contribution in [-0.2, 0) is 9.53 Å². The maximum absolute atomic E-state index is 12.1. The molecule has 1 aromatic carbocycles. The van der Waals surface area contributed by atoms with E-state index < -0.39 is 16.8 Å². The molecule has 7 nitrogen and oxygen atoms in total. The summed E-state index contributed by atoms with van der Waals surface area (Å²) < 4.78 is 5.02. The zero-order valence-electron chi connectivity index (χ0n) is 11.0. The van der Waals surface area contributed by atoms with Gasteiger partial charge in [-0.2, -0.15) is 0 Å². The van der Waals surface area contributed by atoms with Gasteiger partial charge < -0.3 is 9.64 Å². The minimum atomic E-state index is -0.591. The second-order valence-corrected chi connectivity index (χ2v) is 4.74. The van der Waals surface area contributed by atoms with E-state index in [2.05, 4.69) is 15.9 Å². The monoisotopic (exact) mass is 344 g/mol. The number of esters is 1. The van der Waals surface area contributed by atoms with Crippen molar-refractivity contribution in [3.8, 4) is 0 Å². The predicted octanol–water partition coefficient (Wildman–Crippen LogP) is 1.99. The fourth-order valence-corrected chi connectivity index (χ4v) is 1.87. The van der Waals surface area contributed by atoms with Gasteiger partial charge in [0.15, 0.2) is 0 Å². The molecule has 0 aliphatic carbocycles. The fourth-order valence-electron chi connectivity index (χ4n) is 1.48. The van der Waals surface area contributed by atoms with Gasteiger partial charge in [0.2, 0.25) is 0 Å². The summed E-state index contributed by atoms with van der Waals surface area (Å²) in [5, 5.41) is 10.8. The Bertz CT molecular complexity index is 547. The Balaban J connectivity index is 2.89. The van der Waals surface area contributed by atoms with Gasteiger partial charge in [0, 0.05) is 18.7 Å². The Hall–Kier alpha value is -1.96.